The number of unbranched alkanes of at least 4 members (excludes halogenated alkanes) is 1. The SMILES string of the molecule is CC(C)(C)OC(=O)N1CCN(CCCCO)C(CN)C1. The van der Waals surface area contributed by atoms with E-state index >= 15 is 0 Å². The highest BCUT2D eigenvalue weighted by molar-refractivity contribution is 5.68. The molecule has 0 bridgehead atoms. The Bertz CT molecular complexity index is 305. The fraction of sp³-hybridized carbons (Fsp3) is 0.929. The lowest BCUT2D eigenvalue weighted by molar-refractivity contribution is 0.00449. The largest absolute Gasteiger partial charge is 0.444 e. The van der Waals surface area contributed by atoms with Gasteiger partial charge in [0.15, 0.2) is 0 Å². The lowest BCUT2D eigenvalue weighted by Gasteiger charge is -2.41. The van der Waals surface area contributed by atoms with E-state index in [0.717, 1.165) is 25.9 Å². The van der Waals surface area contributed by atoms with Gasteiger partial charge in [0.2, 0.25) is 0 Å². The first-order chi connectivity index (χ1) is 9.37. The second-order valence-corrected chi connectivity index (χ2v) is 6.28. The molecule has 1 amide bonds. The molecule has 0 spiro atoms. The number of rotatable bonds is 5. The number of hydrogen-bond donors (Lipinski definition) is 2. The molecule has 1 fully saturated rings. The maximum atomic E-state index is 12.1. The maximum Gasteiger partial charge on any atom is 0.410 e. The Labute approximate surface area is 121 Å². The summed E-state index contributed by atoms with van der Waals surface area (Å²) in [5.74, 6) is 0. The highest BCUT2D eigenvalue weighted by Gasteiger charge is 2.30. The lowest BCUT2D eigenvalue weighted by atomic mass is 10.1. The van der Waals surface area contributed by atoms with E-state index in [9.17, 15) is 4.79 Å². The molecule has 1 aliphatic rings. The summed E-state index contributed by atoms with van der Waals surface area (Å²) in [6, 6.07) is 0.176. The molecule has 0 aromatic carbocycles. The van der Waals surface area contributed by atoms with Crippen molar-refractivity contribution in [1.29, 1.82) is 0 Å². The van der Waals surface area contributed by atoms with Crippen molar-refractivity contribution < 1.29 is 14.6 Å². The first kappa shape index (κ1) is 17.2. The van der Waals surface area contributed by atoms with E-state index in [4.69, 9.17) is 15.6 Å². The third-order valence-electron chi connectivity index (χ3n) is 3.38. The zero-order valence-corrected chi connectivity index (χ0v) is 13.0. The number of aliphatic hydroxyl groups excluding tert-OH is 1. The molecule has 3 N–H and O–H groups in total. The number of nitrogens with two attached hydrogens (primary N) is 1. The zero-order valence-electron chi connectivity index (χ0n) is 13.0. The van der Waals surface area contributed by atoms with Crippen LogP contribution in [-0.2, 0) is 4.74 Å². The van der Waals surface area contributed by atoms with Gasteiger partial charge >= 0.3 is 6.09 Å². The van der Waals surface area contributed by atoms with Crippen molar-refractivity contribution in [1.82, 2.24) is 9.80 Å². The van der Waals surface area contributed by atoms with Crippen LogP contribution < -0.4 is 5.73 Å². The van der Waals surface area contributed by atoms with Crippen LogP contribution in [0.1, 0.15) is 33.6 Å². The predicted molar refractivity (Wildman–Crippen MR) is 78.5 cm³/mol. The van der Waals surface area contributed by atoms with Crippen LogP contribution in [0.2, 0.25) is 0 Å². The van der Waals surface area contributed by atoms with E-state index in [1.807, 2.05) is 20.8 Å². The summed E-state index contributed by atoms with van der Waals surface area (Å²) in [6.07, 6.45) is 1.51. The number of piperazine rings is 1. The van der Waals surface area contributed by atoms with Gasteiger partial charge in [-0.15, -0.1) is 0 Å². The second kappa shape index (κ2) is 7.81. The maximum absolute atomic E-state index is 12.1. The number of hydrogen-bond acceptors (Lipinski definition) is 5. The van der Waals surface area contributed by atoms with Crippen LogP contribution >= 0.6 is 0 Å². The monoisotopic (exact) mass is 287 g/mol. The predicted octanol–water partition coefficient (Wildman–Crippen LogP) is 0.639. The first-order valence-electron chi connectivity index (χ1n) is 7.40. The van der Waals surface area contributed by atoms with Gasteiger partial charge in [0.1, 0.15) is 5.60 Å². The van der Waals surface area contributed by atoms with Gasteiger partial charge in [0.25, 0.3) is 0 Å². The third kappa shape index (κ3) is 5.64. The second-order valence-electron chi connectivity index (χ2n) is 6.28. The smallest absolute Gasteiger partial charge is 0.410 e. The van der Waals surface area contributed by atoms with E-state index in [1.165, 1.54) is 0 Å². The molecular weight excluding hydrogens is 258 g/mol. The fourth-order valence-corrected chi connectivity index (χ4v) is 2.33. The van der Waals surface area contributed by atoms with Crippen LogP contribution in [-0.4, -0.2) is 72.0 Å². The summed E-state index contributed by atoms with van der Waals surface area (Å²) in [7, 11) is 0. The third-order valence-corrected chi connectivity index (χ3v) is 3.38. The molecule has 6 nitrogen and oxygen atoms in total. The summed E-state index contributed by atoms with van der Waals surface area (Å²) >= 11 is 0. The molecule has 0 aromatic rings. The Morgan fingerprint density at radius 3 is 2.60 bits per heavy atom. The van der Waals surface area contributed by atoms with Gasteiger partial charge in [-0.1, -0.05) is 0 Å². The Balaban J connectivity index is 2.47. The van der Waals surface area contributed by atoms with E-state index in [0.29, 0.717) is 19.6 Å². The topological polar surface area (TPSA) is 79.0 Å². The number of aliphatic hydroxyl groups is 1. The van der Waals surface area contributed by atoms with E-state index in [1.54, 1.807) is 4.90 Å². The molecule has 1 rings (SSSR count). The zero-order chi connectivity index (χ0) is 15.2. The van der Waals surface area contributed by atoms with Gasteiger partial charge in [-0.25, -0.2) is 4.79 Å². The van der Waals surface area contributed by atoms with Crippen LogP contribution in [0.25, 0.3) is 0 Å². The van der Waals surface area contributed by atoms with Gasteiger partial charge < -0.3 is 20.5 Å². The van der Waals surface area contributed by atoms with Crippen LogP contribution in [0.3, 0.4) is 0 Å². The molecule has 0 aliphatic carbocycles. The van der Waals surface area contributed by atoms with E-state index in [2.05, 4.69) is 4.90 Å². The van der Waals surface area contributed by atoms with Crippen LogP contribution in [0.4, 0.5) is 4.79 Å². The Kier molecular flexibility index (Phi) is 6.71. The van der Waals surface area contributed by atoms with Crippen molar-refractivity contribution in [3.05, 3.63) is 0 Å². The van der Waals surface area contributed by atoms with Crippen molar-refractivity contribution in [2.75, 3.05) is 39.3 Å². The molecule has 118 valence electrons. The molecular formula is C14H29N3O3. The lowest BCUT2D eigenvalue weighted by Crippen LogP contribution is -2.57. The van der Waals surface area contributed by atoms with Gasteiger partial charge in [-0.3, -0.25) is 4.90 Å². The summed E-state index contributed by atoms with van der Waals surface area (Å²) < 4.78 is 5.40. The molecule has 0 aromatic heterocycles. The normalized spacial score (nSPS) is 21.1. The number of ether oxygens (including phenoxy) is 1. The summed E-state index contributed by atoms with van der Waals surface area (Å²) in [6.45, 7) is 9.39. The van der Waals surface area contributed by atoms with Crippen molar-refractivity contribution in [3.63, 3.8) is 0 Å². The fourth-order valence-electron chi connectivity index (χ4n) is 2.33. The van der Waals surface area contributed by atoms with Crippen LogP contribution in [0, 0.1) is 0 Å². The van der Waals surface area contributed by atoms with Gasteiger partial charge in [-0.2, -0.15) is 0 Å². The summed E-state index contributed by atoms with van der Waals surface area (Å²) in [4.78, 5) is 16.1. The van der Waals surface area contributed by atoms with E-state index in [-0.39, 0.29) is 18.7 Å². The van der Waals surface area contributed by atoms with Gasteiger partial charge in [-0.05, 0) is 40.2 Å². The molecule has 6 heteroatoms. The first-order valence-corrected chi connectivity index (χ1v) is 7.40. The molecule has 0 radical (unpaired) electrons. The van der Waals surface area contributed by atoms with E-state index < -0.39 is 5.60 Å². The Morgan fingerprint density at radius 1 is 1.35 bits per heavy atom. The highest BCUT2D eigenvalue weighted by Crippen LogP contribution is 2.15. The molecule has 1 saturated heterocycles. The van der Waals surface area contributed by atoms with Crippen molar-refractivity contribution in [2.24, 2.45) is 5.73 Å². The standard InChI is InChI=1S/C14H29N3O3/c1-14(2,3)20-13(19)17-8-7-16(6-4-5-9-18)12(10-15)11-17/h12,18H,4-11,15H2,1-3H3. The van der Waals surface area contributed by atoms with Crippen molar-refractivity contribution in [3.8, 4) is 0 Å². The van der Waals surface area contributed by atoms with Gasteiger partial charge in [0, 0.05) is 38.8 Å². The molecule has 1 atom stereocenters. The van der Waals surface area contributed by atoms with Gasteiger partial charge in [0.05, 0.1) is 0 Å². The van der Waals surface area contributed by atoms with Crippen molar-refractivity contribution >= 4 is 6.09 Å². The minimum atomic E-state index is -0.465. The number of amides is 1. The number of carbonyl (C=O) groups excluding carboxylic acids is 1. The molecule has 20 heavy (non-hydrogen) atoms. The molecule has 1 heterocycles. The average molecular weight is 287 g/mol. The summed E-state index contributed by atoms with van der Waals surface area (Å²) in [5, 5.41) is 8.83. The number of nitrogens with zero attached hydrogens (tertiary/aromatic N) is 2. The molecule has 1 unspecified atom stereocenters. The number of carbonyl (C=O) groups is 1. The molecule has 0 saturated carbocycles. The molecule has 1 aliphatic heterocycles. The summed E-state index contributed by atoms with van der Waals surface area (Å²) in [5.41, 5.74) is 5.35. The quantitative estimate of drug-likeness (QED) is 0.725. The highest BCUT2D eigenvalue weighted by atomic mass is 16.6. The average Bonchev–Trinajstić information content (AvgIpc) is 2.37. The van der Waals surface area contributed by atoms with Crippen LogP contribution in [0.15, 0.2) is 0 Å². The van der Waals surface area contributed by atoms with Crippen LogP contribution in [0.5, 0.6) is 0 Å². The van der Waals surface area contributed by atoms with Crippen molar-refractivity contribution in [2.45, 2.75) is 45.3 Å². The minimum absolute atomic E-state index is 0.176. The Hall–Kier alpha value is -0.850. The Morgan fingerprint density at radius 2 is 2.05 bits per heavy atom. The minimum Gasteiger partial charge on any atom is -0.444 e.